The highest BCUT2D eigenvalue weighted by molar-refractivity contribution is 7.10. The van der Waals surface area contributed by atoms with Crippen LogP contribution in [0.15, 0.2) is 29.8 Å². The topological polar surface area (TPSA) is 51.0 Å². The first kappa shape index (κ1) is 15.3. The Bertz CT molecular complexity index is 889. The normalized spacial score (nSPS) is 16.0. The zero-order valence-corrected chi connectivity index (χ0v) is 14.7. The maximum atomic E-state index is 12.6. The number of pyridine rings is 1. The molecule has 6 heteroatoms. The molecule has 0 radical (unpaired) electrons. The molecule has 3 aromatic rings. The molecule has 24 heavy (non-hydrogen) atoms. The fourth-order valence-corrected chi connectivity index (χ4v) is 4.19. The van der Waals surface area contributed by atoms with Gasteiger partial charge in [0.2, 0.25) is 0 Å². The van der Waals surface area contributed by atoms with E-state index in [1.165, 1.54) is 4.88 Å². The average Bonchev–Trinajstić information content (AvgIpc) is 3.19. The number of hydrogen-bond acceptors (Lipinski definition) is 4. The second-order valence-corrected chi connectivity index (χ2v) is 7.51. The van der Waals surface area contributed by atoms with Crippen molar-refractivity contribution in [3.05, 3.63) is 45.9 Å². The molecule has 0 spiro atoms. The molecule has 1 aliphatic heterocycles. The molecule has 1 fully saturated rings. The fraction of sp³-hybridized carbons (Fsp3) is 0.389. The number of hydrogen-bond donors (Lipinski definition) is 0. The van der Waals surface area contributed by atoms with E-state index in [2.05, 4.69) is 11.1 Å². The van der Waals surface area contributed by atoms with Crippen molar-refractivity contribution in [2.75, 3.05) is 13.1 Å². The highest BCUT2D eigenvalue weighted by Crippen LogP contribution is 2.32. The standard InChI is InChI=1S/C18H20N4OS/c1-12-10-14(11-24-12)18(23)22-8-5-13(6-9-22)16-15-4-3-7-19-17(15)21(2)20-16/h3-4,7,10-11,13H,5-6,8-9H2,1-2H3. The summed E-state index contributed by atoms with van der Waals surface area (Å²) >= 11 is 1.63. The minimum absolute atomic E-state index is 0.158. The Labute approximate surface area is 144 Å². The van der Waals surface area contributed by atoms with Crippen LogP contribution in [0.2, 0.25) is 0 Å². The first-order valence-corrected chi connectivity index (χ1v) is 9.13. The smallest absolute Gasteiger partial charge is 0.254 e. The zero-order chi connectivity index (χ0) is 16.7. The van der Waals surface area contributed by atoms with Gasteiger partial charge in [-0.15, -0.1) is 11.3 Å². The molecule has 4 heterocycles. The number of carbonyl (C=O) groups is 1. The Morgan fingerprint density at radius 1 is 1.33 bits per heavy atom. The first-order chi connectivity index (χ1) is 11.6. The first-order valence-electron chi connectivity index (χ1n) is 8.25. The molecular formula is C18H20N4OS. The van der Waals surface area contributed by atoms with Gasteiger partial charge in [-0.1, -0.05) is 0 Å². The predicted octanol–water partition coefficient (Wildman–Crippen LogP) is 3.36. The number of rotatable bonds is 2. The molecule has 1 amide bonds. The lowest BCUT2D eigenvalue weighted by Crippen LogP contribution is -2.37. The van der Waals surface area contributed by atoms with E-state index >= 15 is 0 Å². The summed E-state index contributed by atoms with van der Waals surface area (Å²) < 4.78 is 1.86. The number of carbonyl (C=O) groups excluding carboxylic acids is 1. The zero-order valence-electron chi connectivity index (χ0n) is 13.9. The van der Waals surface area contributed by atoms with Crippen LogP contribution in [-0.4, -0.2) is 38.7 Å². The molecule has 0 N–H and O–H groups in total. The summed E-state index contributed by atoms with van der Waals surface area (Å²) in [6.07, 6.45) is 3.71. The van der Waals surface area contributed by atoms with E-state index < -0.39 is 0 Å². The number of aryl methyl sites for hydroxylation is 2. The maximum absolute atomic E-state index is 12.6. The van der Waals surface area contributed by atoms with Crippen molar-refractivity contribution in [1.82, 2.24) is 19.7 Å². The van der Waals surface area contributed by atoms with E-state index in [0.29, 0.717) is 5.92 Å². The lowest BCUT2D eigenvalue weighted by molar-refractivity contribution is 0.0713. The van der Waals surface area contributed by atoms with Crippen molar-refractivity contribution >= 4 is 28.3 Å². The van der Waals surface area contributed by atoms with Crippen molar-refractivity contribution < 1.29 is 4.79 Å². The second kappa shape index (κ2) is 6.02. The van der Waals surface area contributed by atoms with E-state index in [1.54, 1.807) is 17.5 Å². The van der Waals surface area contributed by atoms with Gasteiger partial charge in [0.15, 0.2) is 5.65 Å². The van der Waals surface area contributed by atoms with Crippen LogP contribution in [0.5, 0.6) is 0 Å². The second-order valence-electron chi connectivity index (χ2n) is 6.40. The summed E-state index contributed by atoms with van der Waals surface area (Å²) in [5, 5.41) is 7.79. The van der Waals surface area contributed by atoms with Gasteiger partial charge in [-0.25, -0.2) is 4.98 Å². The Morgan fingerprint density at radius 3 is 2.83 bits per heavy atom. The van der Waals surface area contributed by atoms with E-state index in [4.69, 9.17) is 5.10 Å². The van der Waals surface area contributed by atoms with Gasteiger partial charge in [0.05, 0.1) is 11.3 Å². The molecule has 0 atom stereocenters. The van der Waals surface area contributed by atoms with Crippen molar-refractivity contribution in [3.63, 3.8) is 0 Å². The van der Waals surface area contributed by atoms with Crippen LogP contribution in [0.1, 0.15) is 39.7 Å². The molecular weight excluding hydrogens is 320 g/mol. The third-order valence-electron chi connectivity index (χ3n) is 4.77. The molecule has 0 bridgehead atoms. The fourth-order valence-electron chi connectivity index (χ4n) is 3.51. The van der Waals surface area contributed by atoms with E-state index in [0.717, 1.165) is 48.2 Å². The number of aromatic nitrogens is 3. The molecule has 124 valence electrons. The molecule has 3 aromatic heterocycles. The van der Waals surface area contributed by atoms with Crippen LogP contribution in [-0.2, 0) is 7.05 Å². The molecule has 1 aliphatic rings. The molecule has 0 aliphatic carbocycles. The highest BCUT2D eigenvalue weighted by atomic mass is 32.1. The molecule has 0 saturated carbocycles. The van der Waals surface area contributed by atoms with Crippen molar-refractivity contribution in [2.24, 2.45) is 7.05 Å². The van der Waals surface area contributed by atoms with Crippen molar-refractivity contribution in [3.8, 4) is 0 Å². The number of nitrogens with zero attached hydrogens (tertiary/aromatic N) is 4. The SMILES string of the molecule is Cc1cc(C(=O)N2CCC(c3nn(C)c4ncccc34)CC2)cs1. The molecule has 0 aromatic carbocycles. The number of fused-ring (bicyclic) bond motifs is 1. The third-order valence-corrected chi connectivity index (χ3v) is 5.63. The Balaban J connectivity index is 1.50. The van der Waals surface area contributed by atoms with Gasteiger partial charge in [-0.2, -0.15) is 5.10 Å². The monoisotopic (exact) mass is 340 g/mol. The molecule has 0 unspecified atom stereocenters. The minimum atomic E-state index is 0.158. The van der Waals surface area contributed by atoms with Crippen LogP contribution in [0.4, 0.5) is 0 Å². The van der Waals surface area contributed by atoms with Gasteiger partial charge in [0.25, 0.3) is 5.91 Å². The lowest BCUT2D eigenvalue weighted by Gasteiger charge is -2.31. The van der Waals surface area contributed by atoms with Crippen LogP contribution in [0, 0.1) is 6.92 Å². The van der Waals surface area contributed by atoms with Gasteiger partial charge >= 0.3 is 0 Å². The number of piperidine rings is 1. The van der Waals surface area contributed by atoms with E-state index in [1.807, 2.05) is 41.1 Å². The Morgan fingerprint density at radius 2 is 2.12 bits per heavy atom. The highest BCUT2D eigenvalue weighted by Gasteiger charge is 2.27. The van der Waals surface area contributed by atoms with Crippen molar-refractivity contribution in [2.45, 2.75) is 25.7 Å². The summed E-state index contributed by atoms with van der Waals surface area (Å²) in [4.78, 5) is 20.1. The quantitative estimate of drug-likeness (QED) is 0.719. The van der Waals surface area contributed by atoms with Crippen LogP contribution >= 0.6 is 11.3 Å². The molecule has 1 saturated heterocycles. The van der Waals surface area contributed by atoms with Crippen molar-refractivity contribution in [1.29, 1.82) is 0 Å². The summed E-state index contributed by atoms with van der Waals surface area (Å²) in [6, 6.07) is 6.04. The largest absolute Gasteiger partial charge is 0.339 e. The summed E-state index contributed by atoms with van der Waals surface area (Å²) in [7, 11) is 1.94. The maximum Gasteiger partial charge on any atom is 0.254 e. The van der Waals surface area contributed by atoms with Crippen LogP contribution in [0.3, 0.4) is 0 Å². The molecule has 5 nitrogen and oxygen atoms in total. The van der Waals surface area contributed by atoms with Gasteiger partial charge in [0.1, 0.15) is 0 Å². The van der Waals surface area contributed by atoms with Gasteiger partial charge in [-0.05, 0) is 38.0 Å². The van der Waals surface area contributed by atoms with Gasteiger partial charge in [-0.3, -0.25) is 9.48 Å². The number of amides is 1. The average molecular weight is 340 g/mol. The lowest BCUT2D eigenvalue weighted by atomic mass is 9.92. The minimum Gasteiger partial charge on any atom is -0.339 e. The predicted molar refractivity (Wildman–Crippen MR) is 95.4 cm³/mol. The van der Waals surface area contributed by atoms with E-state index in [9.17, 15) is 4.79 Å². The van der Waals surface area contributed by atoms with E-state index in [-0.39, 0.29) is 5.91 Å². The third kappa shape index (κ3) is 2.60. The summed E-state index contributed by atoms with van der Waals surface area (Å²) in [6.45, 7) is 3.61. The van der Waals surface area contributed by atoms with Crippen LogP contribution < -0.4 is 0 Å². The number of likely N-dealkylation sites (tertiary alicyclic amines) is 1. The van der Waals surface area contributed by atoms with Gasteiger partial charge < -0.3 is 4.90 Å². The Hall–Kier alpha value is -2.21. The number of thiophene rings is 1. The van der Waals surface area contributed by atoms with Gasteiger partial charge in [0, 0.05) is 47.9 Å². The molecule has 4 rings (SSSR count). The summed E-state index contributed by atoms with van der Waals surface area (Å²) in [5.74, 6) is 0.552. The summed E-state index contributed by atoms with van der Waals surface area (Å²) in [5.41, 5.74) is 2.88. The van der Waals surface area contributed by atoms with Crippen LogP contribution in [0.25, 0.3) is 11.0 Å². The Kier molecular flexibility index (Phi) is 3.84.